The van der Waals surface area contributed by atoms with Crippen LogP contribution in [0.25, 0.3) is 0 Å². The second kappa shape index (κ2) is 10.5. The van der Waals surface area contributed by atoms with Gasteiger partial charge in [0.05, 0.1) is 24.2 Å². The minimum absolute atomic E-state index is 0.00603. The number of para-hydroxylation sites is 1. The molecule has 0 bridgehead atoms. The van der Waals surface area contributed by atoms with Crippen molar-refractivity contribution < 1.29 is 18.4 Å². The van der Waals surface area contributed by atoms with Gasteiger partial charge in [0.25, 0.3) is 5.91 Å². The molecule has 0 atom stereocenters. The first kappa shape index (κ1) is 22.8. The molecule has 3 heterocycles. The van der Waals surface area contributed by atoms with Gasteiger partial charge in [-0.3, -0.25) is 9.59 Å². The number of nitrogens with one attached hydrogen (secondary N) is 1. The van der Waals surface area contributed by atoms with E-state index in [1.165, 1.54) is 24.1 Å². The molecule has 0 radical (unpaired) electrons. The molecule has 0 aliphatic carbocycles. The summed E-state index contributed by atoms with van der Waals surface area (Å²) in [5, 5.41) is 11.7. The van der Waals surface area contributed by atoms with Crippen LogP contribution in [0.2, 0.25) is 0 Å². The highest BCUT2D eigenvalue weighted by Crippen LogP contribution is 2.22. The van der Waals surface area contributed by atoms with Gasteiger partial charge in [-0.2, -0.15) is 0 Å². The molecule has 0 saturated carbocycles. The molecular weight excluding hydrogens is 447 g/mol. The van der Waals surface area contributed by atoms with Crippen LogP contribution in [0.5, 0.6) is 0 Å². The number of anilines is 1. The normalized spacial score (nSPS) is 13.9. The van der Waals surface area contributed by atoms with E-state index in [2.05, 4.69) is 15.5 Å². The number of hydrogen-bond acceptors (Lipinski definition) is 7. The van der Waals surface area contributed by atoms with Crippen LogP contribution < -0.4 is 10.2 Å². The Bertz CT molecular complexity index is 1100. The van der Waals surface area contributed by atoms with E-state index in [0.29, 0.717) is 49.4 Å². The number of thioether (sulfide) groups is 1. The average molecular weight is 473 g/mol. The van der Waals surface area contributed by atoms with Crippen molar-refractivity contribution in [1.82, 2.24) is 25.0 Å². The summed E-state index contributed by atoms with van der Waals surface area (Å²) in [5.74, 6) is 0.494. The summed E-state index contributed by atoms with van der Waals surface area (Å²) in [4.78, 5) is 28.5. The molecule has 1 aromatic carbocycles. The predicted octanol–water partition coefficient (Wildman–Crippen LogP) is 2.40. The maximum Gasteiger partial charge on any atom is 0.287 e. The number of furan rings is 1. The highest BCUT2D eigenvalue weighted by atomic mass is 32.2. The number of carbonyl (C=O) groups is 2. The van der Waals surface area contributed by atoms with Crippen LogP contribution in [0.4, 0.5) is 10.1 Å². The Morgan fingerprint density at radius 1 is 1.12 bits per heavy atom. The zero-order valence-corrected chi connectivity index (χ0v) is 19.1. The van der Waals surface area contributed by atoms with Crippen molar-refractivity contribution in [3.05, 3.63) is 60.1 Å². The number of aromatic nitrogens is 3. The minimum Gasteiger partial charge on any atom is -0.459 e. The Balaban J connectivity index is 1.28. The molecule has 11 heteroatoms. The van der Waals surface area contributed by atoms with Gasteiger partial charge in [-0.15, -0.1) is 10.2 Å². The molecule has 0 unspecified atom stereocenters. The van der Waals surface area contributed by atoms with Crippen LogP contribution in [-0.4, -0.2) is 63.4 Å². The lowest BCUT2D eigenvalue weighted by Gasteiger charge is -2.36. The number of halogens is 1. The van der Waals surface area contributed by atoms with Crippen molar-refractivity contribution in [3.8, 4) is 0 Å². The second-order valence-corrected chi connectivity index (χ2v) is 8.35. The zero-order chi connectivity index (χ0) is 23.2. The van der Waals surface area contributed by atoms with Gasteiger partial charge in [-0.25, -0.2) is 4.39 Å². The van der Waals surface area contributed by atoms with E-state index in [0.717, 1.165) is 0 Å². The fourth-order valence-corrected chi connectivity index (χ4v) is 4.57. The summed E-state index contributed by atoms with van der Waals surface area (Å²) in [6.07, 6.45) is 1.44. The first-order valence-electron chi connectivity index (χ1n) is 10.7. The lowest BCUT2D eigenvalue weighted by atomic mass is 10.2. The Morgan fingerprint density at radius 3 is 2.61 bits per heavy atom. The third kappa shape index (κ3) is 5.36. The summed E-state index contributed by atoms with van der Waals surface area (Å²) >= 11 is 1.32. The number of benzene rings is 1. The SMILES string of the molecule is CCn1c(CNC(=O)c2ccco2)nnc1SCC(=O)N1CCN(c2ccccc2F)CC1. The van der Waals surface area contributed by atoms with Gasteiger partial charge in [0.1, 0.15) is 5.82 Å². The van der Waals surface area contributed by atoms with Crippen LogP contribution in [0.15, 0.2) is 52.2 Å². The molecule has 2 aromatic heterocycles. The number of rotatable bonds is 8. The molecule has 33 heavy (non-hydrogen) atoms. The summed E-state index contributed by atoms with van der Waals surface area (Å²) in [7, 11) is 0. The zero-order valence-electron chi connectivity index (χ0n) is 18.2. The van der Waals surface area contributed by atoms with Gasteiger partial charge in [-0.05, 0) is 31.2 Å². The van der Waals surface area contributed by atoms with Gasteiger partial charge in [0, 0.05) is 32.7 Å². The number of piperazine rings is 1. The fourth-order valence-electron chi connectivity index (χ4n) is 3.65. The molecule has 0 spiro atoms. The van der Waals surface area contributed by atoms with Crippen LogP contribution in [0, 0.1) is 5.82 Å². The number of carbonyl (C=O) groups excluding carboxylic acids is 2. The fraction of sp³-hybridized carbons (Fsp3) is 0.364. The molecular formula is C22H25FN6O3S. The summed E-state index contributed by atoms with van der Waals surface area (Å²) in [6.45, 7) is 5.01. The van der Waals surface area contributed by atoms with E-state index >= 15 is 0 Å². The molecule has 2 amide bonds. The van der Waals surface area contributed by atoms with Crippen LogP contribution in [0.3, 0.4) is 0 Å². The smallest absolute Gasteiger partial charge is 0.287 e. The predicted molar refractivity (Wildman–Crippen MR) is 121 cm³/mol. The lowest BCUT2D eigenvalue weighted by molar-refractivity contribution is -0.128. The van der Waals surface area contributed by atoms with Gasteiger partial charge in [0.2, 0.25) is 5.91 Å². The molecule has 1 fully saturated rings. The Kier molecular flexibility index (Phi) is 7.28. The maximum atomic E-state index is 14.0. The van der Waals surface area contributed by atoms with E-state index < -0.39 is 0 Å². The first-order valence-corrected chi connectivity index (χ1v) is 11.7. The van der Waals surface area contributed by atoms with E-state index in [9.17, 15) is 14.0 Å². The van der Waals surface area contributed by atoms with Gasteiger partial charge >= 0.3 is 0 Å². The lowest BCUT2D eigenvalue weighted by Crippen LogP contribution is -2.49. The largest absolute Gasteiger partial charge is 0.459 e. The van der Waals surface area contributed by atoms with Gasteiger partial charge in [-0.1, -0.05) is 23.9 Å². The van der Waals surface area contributed by atoms with Crippen molar-refractivity contribution in [2.45, 2.75) is 25.2 Å². The number of amides is 2. The third-order valence-electron chi connectivity index (χ3n) is 5.41. The van der Waals surface area contributed by atoms with Crippen molar-refractivity contribution in [3.63, 3.8) is 0 Å². The molecule has 3 aromatic rings. The molecule has 1 aliphatic rings. The minimum atomic E-state index is -0.329. The van der Waals surface area contributed by atoms with E-state index in [1.807, 2.05) is 22.5 Å². The summed E-state index contributed by atoms with van der Waals surface area (Å²) in [6, 6.07) is 9.92. The molecule has 1 N–H and O–H groups in total. The highest BCUT2D eigenvalue weighted by Gasteiger charge is 2.23. The topological polar surface area (TPSA) is 96.5 Å². The van der Waals surface area contributed by atoms with Crippen LogP contribution in [-0.2, 0) is 17.9 Å². The molecule has 174 valence electrons. The molecule has 1 aliphatic heterocycles. The standard InChI is InChI=1S/C22H25FN6O3S/c1-2-29-19(14-24-21(31)18-8-5-13-32-18)25-26-22(29)33-15-20(30)28-11-9-27(10-12-28)17-7-4-3-6-16(17)23/h3-8,13H,2,9-12,14-15H2,1H3,(H,24,31). The summed E-state index contributed by atoms with van der Waals surface area (Å²) < 4.78 is 21.0. The Morgan fingerprint density at radius 2 is 1.91 bits per heavy atom. The van der Waals surface area contributed by atoms with E-state index in [4.69, 9.17) is 4.42 Å². The average Bonchev–Trinajstić information content (AvgIpc) is 3.51. The third-order valence-corrected chi connectivity index (χ3v) is 6.36. The van der Waals surface area contributed by atoms with Crippen molar-refractivity contribution in [2.75, 3.05) is 36.8 Å². The Hall–Kier alpha value is -3.34. The van der Waals surface area contributed by atoms with Gasteiger partial charge < -0.3 is 24.1 Å². The highest BCUT2D eigenvalue weighted by molar-refractivity contribution is 7.99. The molecule has 1 saturated heterocycles. The quantitative estimate of drug-likeness (QED) is 0.503. The molecule has 4 rings (SSSR count). The van der Waals surface area contributed by atoms with Crippen LogP contribution >= 0.6 is 11.8 Å². The maximum absolute atomic E-state index is 14.0. The second-order valence-electron chi connectivity index (χ2n) is 7.41. The summed E-state index contributed by atoms with van der Waals surface area (Å²) in [5.41, 5.74) is 0.571. The monoisotopic (exact) mass is 472 g/mol. The first-order chi connectivity index (χ1) is 16.1. The van der Waals surface area contributed by atoms with Crippen LogP contribution in [0.1, 0.15) is 23.3 Å². The molecule has 9 nitrogen and oxygen atoms in total. The van der Waals surface area contributed by atoms with Crippen molar-refractivity contribution in [1.29, 1.82) is 0 Å². The number of nitrogens with zero attached hydrogens (tertiary/aromatic N) is 5. The van der Waals surface area contributed by atoms with E-state index in [1.54, 1.807) is 29.2 Å². The van der Waals surface area contributed by atoms with Crippen molar-refractivity contribution in [2.24, 2.45) is 0 Å². The number of hydrogen-bond donors (Lipinski definition) is 1. The van der Waals surface area contributed by atoms with Gasteiger partial charge in [0.15, 0.2) is 16.7 Å². The Labute approximate surface area is 194 Å². The van der Waals surface area contributed by atoms with Crippen molar-refractivity contribution >= 4 is 29.3 Å². The van der Waals surface area contributed by atoms with E-state index in [-0.39, 0.29) is 35.7 Å².